The van der Waals surface area contributed by atoms with Crippen molar-refractivity contribution in [3.8, 4) is 5.75 Å². The normalized spacial score (nSPS) is 19.2. The van der Waals surface area contributed by atoms with Gasteiger partial charge in [0.2, 0.25) is 5.91 Å². The second kappa shape index (κ2) is 11.0. The van der Waals surface area contributed by atoms with Crippen LogP contribution in [0.1, 0.15) is 71.6 Å². The Labute approximate surface area is 245 Å². The molecular weight excluding hydrogens is 528 g/mol. The third-order valence-corrected chi connectivity index (χ3v) is 13.1. The van der Waals surface area contributed by atoms with Gasteiger partial charge in [0.25, 0.3) is 0 Å². The smallest absolute Gasteiger partial charge is 0.408 e. The summed E-state index contributed by atoms with van der Waals surface area (Å²) < 4.78 is 12.7. The van der Waals surface area contributed by atoms with Crippen molar-refractivity contribution < 1.29 is 18.8 Å². The Hall–Kier alpha value is -3.58. The predicted octanol–water partition coefficient (Wildman–Crippen LogP) is 5.74. The molecule has 6 nitrogen and oxygen atoms in total. The zero-order valence-electron chi connectivity index (χ0n) is 25.1. The third kappa shape index (κ3) is 5.78. The average molecular weight is 571 g/mol. The van der Waals surface area contributed by atoms with Gasteiger partial charge in [0.05, 0.1) is 6.04 Å². The van der Waals surface area contributed by atoms with Crippen molar-refractivity contribution in [2.75, 3.05) is 6.54 Å². The van der Waals surface area contributed by atoms with Crippen LogP contribution in [-0.2, 0) is 16.0 Å². The summed E-state index contributed by atoms with van der Waals surface area (Å²) in [7, 11) is -2.78. The third-order valence-electron chi connectivity index (χ3n) is 8.16. The molecule has 3 aromatic rings. The summed E-state index contributed by atoms with van der Waals surface area (Å²) in [4.78, 5) is 27.7. The fourth-order valence-corrected chi connectivity index (χ4v) is 10.8. The number of amides is 2. The average Bonchev–Trinajstić information content (AvgIpc) is 3.49. The summed E-state index contributed by atoms with van der Waals surface area (Å²) in [6.45, 7) is 12.9. The first-order valence-corrected chi connectivity index (χ1v) is 16.5. The second-order valence-electron chi connectivity index (χ2n) is 13.2. The standard InChI is InChI=1S/C34H42N2O4Si/c1-33(2,3)39-32(38)35-29-21-22-36(31(29)37)30-20-18-24-17-19-25(23-28(24)30)40-41(34(4,5)6,26-13-9-7-10-14-26)27-15-11-8-12-16-27/h7-17,19,23,29-30H,18,20-22H2,1-6H3,(H,35,38)/t29-,30-/m1/s1. The predicted molar refractivity (Wildman–Crippen MR) is 165 cm³/mol. The molecule has 1 aliphatic heterocycles. The lowest BCUT2D eigenvalue weighted by atomic mass is 10.1. The van der Waals surface area contributed by atoms with Crippen molar-refractivity contribution >= 4 is 30.7 Å². The molecule has 1 saturated heterocycles. The molecule has 0 aromatic heterocycles. The molecule has 1 heterocycles. The van der Waals surface area contributed by atoms with Crippen LogP contribution in [0, 0.1) is 0 Å². The zero-order chi connectivity index (χ0) is 29.4. The van der Waals surface area contributed by atoms with Crippen LogP contribution < -0.4 is 20.1 Å². The fraction of sp³-hybridized carbons (Fsp3) is 0.412. The quantitative estimate of drug-likeness (QED) is 0.384. The summed E-state index contributed by atoms with van der Waals surface area (Å²) in [6.07, 6.45) is 1.80. The van der Waals surface area contributed by atoms with Crippen molar-refractivity contribution in [3.05, 3.63) is 90.0 Å². The fourth-order valence-electron chi connectivity index (χ4n) is 6.37. The van der Waals surface area contributed by atoms with Gasteiger partial charge in [-0.15, -0.1) is 0 Å². The largest absolute Gasteiger partial charge is 0.534 e. The lowest BCUT2D eigenvalue weighted by Gasteiger charge is -2.43. The van der Waals surface area contributed by atoms with E-state index in [1.165, 1.54) is 15.9 Å². The van der Waals surface area contributed by atoms with Crippen molar-refractivity contribution in [1.82, 2.24) is 10.2 Å². The van der Waals surface area contributed by atoms with E-state index in [0.717, 1.165) is 24.2 Å². The Bertz CT molecular complexity index is 1360. The Morgan fingerprint density at radius 2 is 1.49 bits per heavy atom. The molecule has 2 aliphatic rings. The van der Waals surface area contributed by atoms with Crippen LogP contribution in [0.25, 0.3) is 0 Å². The number of aryl methyl sites for hydroxylation is 1. The van der Waals surface area contributed by atoms with Gasteiger partial charge in [0.1, 0.15) is 17.4 Å². The number of nitrogens with one attached hydrogen (secondary N) is 1. The number of rotatable bonds is 6. The number of benzene rings is 3. The Kier molecular flexibility index (Phi) is 7.77. The van der Waals surface area contributed by atoms with Gasteiger partial charge < -0.3 is 19.4 Å². The highest BCUT2D eigenvalue weighted by molar-refractivity contribution is 7.00. The highest BCUT2D eigenvalue weighted by atomic mass is 28.4. The number of ether oxygens (including phenoxy) is 1. The van der Waals surface area contributed by atoms with E-state index in [4.69, 9.17) is 9.16 Å². The molecule has 0 unspecified atom stereocenters. The van der Waals surface area contributed by atoms with E-state index in [2.05, 4.69) is 92.8 Å². The molecule has 41 heavy (non-hydrogen) atoms. The van der Waals surface area contributed by atoms with Crippen molar-refractivity contribution in [1.29, 1.82) is 0 Å². The zero-order valence-corrected chi connectivity index (χ0v) is 26.1. The lowest BCUT2D eigenvalue weighted by Crippen LogP contribution is -2.68. The minimum Gasteiger partial charge on any atom is -0.534 e. The van der Waals surface area contributed by atoms with Gasteiger partial charge in [-0.2, -0.15) is 0 Å². The molecule has 5 rings (SSSR count). The van der Waals surface area contributed by atoms with E-state index in [1.807, 2.05) is 37.8 Å². The highest BCUT2D eigenvalue weighted by Crippen LogP contribution is 2.42. The molecule has 0 radical (unpaired) electrons. The number of fused-ring (bicyclic) bond motifs is 1. The number of carbonyl (C=O) groups excluding carboxylic acids is 2. The summed E-state index contributed by atoms with van der Waals surface area (Å²) in [5, 5.41) is 5.08. The monoisotopic (exact) mass is 570 g/mol. The molecule has 0 spiro atoms. The molecule has 1 aliphatic carbocycles. The van der Waals surface area contributed by atoms with Crippen molar-refractivity contribution in [3.63, 3.8) is 0 Å². The SMILES string of the molecule is CC(C)(C)OC(=O)N[C@@H]1CCN([C@@H]2CCc3ccc(O[Si](c4ccccc4)(c4ccccc4)C(C)(C)C)cc32)C1=O. The van der Waals surface area contributed by atoms with Gasteiger partial charge in [-0.1, -0.05) is 87.5 Å². The summed E-state index contributed by atoms with van der Waals surface area (Å²) in [5.41, 5.74) is 1.78. The number of hydrogen-bond acceptors (Lipinski definition) is 4. The Morgan fingerprint density at radius 1 is 0.878 bits per heavy atom. The van der Waals surface area contributed by atoms with Crippen LogP contribution in [0.5, 0.6) is 5.75 Å². The minimum atomic E-state index is -2.78. The van der Waals surface area contributed by atoms with Crippen molar-refractivity contribution in [2.45, 2.75) is 83.5 Å². The summed E-state index contributed by atoms with van der Waals surface area (Å²) in [5.74, 6) is 0.784. The number of alkyl carbamates (subject to hydrolysis) is 1. The first-order valence-electron chi connectivity index (χ1n) is 14.6. The number of nitrogens with zero attached hydrogens (tertiary/aromatic N) is 1. The minimum absolute atomic E-state index is 0.0364. The van der Waals surface area contributed by atoms with Crippen LogP contribution in [0.4, 0.5) is 4.79 Å². The van der Waals surface area contributed by atoms with Crippen molar-refractivity contribution in [2.24, 2.45) is 0 Å². The van der Waals surface area contributed by atoms with Gasteiger partial charge in [-0.05, 0) is 78.7 Å². The van der Waals surface area contributed by atoms with Crippen LogP contribution in [0.2, 0.25) is 5.04 Å². The Morgan fingerprint density at radius 3 is 2.05 bits per heavy atom. The van der Waals surface area contributed by atoms with Crippen LogP contribution in [0.15, 0.2) is 78.9 Å². The first-order chi connectivity index (χ1) is 19.4. The van der Waals surface area contributed by atoms with E-state index in [0.29, 0.717) is 13.0 Å². The molecule has 216 valence electrons. The molecule has 2 atom stereocenters. The summed E-state index contributed by atoms with van der Waals surface area (Å²) in [6, 6.07) is 27.1. The van der Waals surface area contributed by atoms with E-state index in [1.54, 1.807) is 0 Å². The molecule has 3 aromatic carbocycles. The molecule has 7 heteroatoms. The van der Waals surface area contributed by atoms with E-state index >= 15 is 0 Å². The van der Waals surface area contributed by atoms with Gasteiger partial charge >= 0.3 is 14.4 Å². The maximum absolute atomic E-state index is 13.4. The van der Waals surface area contributed by atoms with E-state index in [-0.39, 0.29) is 17.0 Å². The Balaban J connectivity index is 1.45. The lowest BCUT2D eigenvalue weighted by molar-refractivity contribution is -0.131. The molecular formula is C34H42N2O4Si. The van der Waals surface area contributed by atoms with Gasteiger partial charge in [-0.25, -0.2) is 4.79 Å². The maximum Gasteiger partial charge on any atom is 0.408 e. The maximum atomic E-state index is 13.4. The number of hydrogen-bond donors (Lipinski definition) is 1. The van der Waals surface area contributed by atoms with Crippen LogP contribution >= 0.6 is 0 Å². The first kappa shape index (κ1) is 28.9. The molecule has 0 bridgehead atoms. The second-order valence-corrected chi connectivity index (χ2v) is 17.4. The highest BCUT2D eigenvalue weighted by Gasteiger charge is 2.52. The topological polar surface area (TPSA) is 67.9 Å². The summed E-state index contributed by atoms with van der Waals surface area (Å²) >= 11 is 0. The van der Waals surface area contributed by atoms with Gasteiger partial charge in [0, 0.05) is 6.54 Å². The van der Waals surface area contributed by atoms with Crippen LogP contribution in [0.3, 0.4) is 0 Å². The number of likely N-dealkylation sites (tertiary alicyclic amines) is 1. The van der Waals surface area contributed by atoms with E-state index in [9.17, 15) is 9.59 Å². The molecule has 1 fully saturated rings. The van der Waals surface area contributed by atoms with Crippen LogP contribution in [-0.4, -0.2) is 43.4 Å². The number of carbonyl (C=O) groups is 2. The van der Waals surface area contributed by atoms with Gasteiger partial charge in [-0.3, -0.25) is 4.79 Å². The molecule has 2 amide bonds. The molecule has 1 N–H and O–H groups in total. The van der Waals surface area contributed by atoms with Gasteiger partial charge in [0.15, 0.2) is 0 Å². The van der Waals surface area contributed by atoms with E-state index < -0.39 is 26.1 Å². The molecule has 0 saturated carbocycles.